The van der Waals surface area contributed by atoms with Crippen molar-refractivity contribution in [1.29, 1.82) is 0 Å². The van der Waals surface area contributed by atoms with E-state index in [2.05, 4.69) is 0 Å². The Labute approximate surface area is 76.9 Å². The van der Waals surface area contributed by atoms with Gasteiger partial charge in [-0.2, -0.15) is 0 Å². The number of rotatable bonds is 3. The number of hydrogen-bond acceptors (Lipinski definition) is 5. The number of esters is 1. The van der Waals surface area contributed by atoms with Gasteiger partial charge in [-0.3, -0.25) is 9.36 Å². The highest BCUT2D eigenvalue weighted by Gasteiger charge is 2.53. The van der Waals surface area contributed by atoms with Gasteiger partial charge in [0, 0.05) is 27.1 Å². The highest BCUT2D eigenvalue weighted by atomic mass is 31.2. The molecular weight excluding hydrogens is 195 g/mol. The fourth-order valence-corrected chi connectivity index (χ4v) is 2.86. The summed E-state index contributed by atoms with van der Waals surface area (Å²) in [5, 5.41) is -1.12. The third-order valence-electron chi connectivity index (χ3n) is 2.19. The van der Waals surface area contributed by atoms with E-state index < -0.39 is 12.9 Å². The number of hydrogen-bond donors (Lipinski definition) is 0. The summed E-state index contributed by atoms with van der Waals surface area (Å²) in [6.07, 6.45) is 0.623. The molecule has 1 fully saturated rings. The van der Waals surface area contributed by atoms with Crippen LogP contribution < -0.4 is 0 Å². The van der Waals surface area contributed by atoms with Crippen LogP contribution in [0.5, 0.6) is 0 Å². The van der Waals surface area contributed by atoms with Gasteiger partial charge < -0.3 is 13.8 Å². The Morgan fingerprint density at radius 2 is 2.00 bits per heavy atom. The monoisotopic (exact) mass is 208 g/mol. The highest BCUT2D eigenvalue weighted by molar-refractivity contribution is 7.55. The van der Waals surface area contributed by atoms with Gasteiger partial charge in [-0.25, -0.2) is 0 Å². The first-order valence-electron chi connectivity index (χ1n) is 3.91. The molecule has 0 aromatic rings. The lowest BCUT2D eigenvalue weighted by molar-refractivity contribution is -0.143. The molecule has 1 rings (SSSR count). The molecule has 1 atom stereocenters. The zero-order chi connectivity index (χ0) is 10.1. The summed E-state index contributed by atoms with van der Waals surface area (Å²) in [6, 6.07) is 0. The molecule has 13 heavy (non-hydrogen) atoms. The second kappa shape index (κ2) is 3.40. The molecule has 0 aromatic carbocycles. The van der Waals surface area contributed by atoms with Gasteiger partial charge in [0.15, 0.2) is 0 Å². The molecule has 0 spiro atoms. The summed E-state index contributed by atoms with van der Waals surface area (Å²) in [5.74, 6) is -0.364. The number of carbonyl (C=O) groups is 1. The van der Waals surface area contributed by atoms with Crippen molar-refractivity contribution >= 4 is 13.6 Å². The third-order valence-corrected chi connectivity index (χ3v) is 4.62. The van der Waals surface area contributed by atoms with Crippen molar-refractivity contribution < 1.29 is 23.1 Å². The van der Waals surface area contributed by atoms with Crippen LogP contribution in [0.2, 0.25) is 0 Å². The van der Waals surface area contributed by atoms with Crippen molar-refractivity contribution in [3.8, 4) is 0 Å². The lowest BCUT2D eigenvalue weighted by atomic mass is 10.2. The molecule has 1 unspecified atom stereocenters. The molecule has 1 aliphatic rings. The largest absolute Gasteiger partial charge is 0.446 e. The normalized spacial score (nSPS) is 29.0. The van der Waals surface area contributed by atoms with Crippen molar-refractivity contribution in [1.82, 2.24) is 0 Å². The maximum Gasteiger partial charge on any atom is 0.373 e. The molecular formula is C7H13O5P. The minimum Gasteiger partial charge on any atom is -0.446 e. The molecule has 76 valence electrons. The standard InChI is InChI=1S/C7H13O5P/c1-7(5-4-6(8)12-7)13(9,10-2)11-3/h4-5H2,1-3H3. The Balaban J connectivity index is 2.91. The van der Waals surface area contributed by atoms with Gasteiger partial charge in [0.2, 0.25) is 5.34 Å². The van der Waals surface area contributed by atoms with E-state index in [-0.39, 0.29) is 12.4 Å². The predicted molar refractivity (Wildman–Crippen MR) is 45.4 cm³/mol. The topological polar surface area (TPSA) is 61.8 Å². The van der Waals surface area contributed by atoms with Crippen LogP contribution in [0.4, 0.5) is 0 Å². The third kappa shape index (κ3) is 1.64. The smallest absolute Gasteiger partial charge is 0.373 e. The Hall–Kier alpha value is -0.380. The summed E-state index contributed by atoms with van der Waals surface area (Å²) >= 11 is 0. The molecule has 0 saturated carbocycles. The molecule has 0 aliphatic carbocycles. The van der Waals surface area contributed by atoms with Crippen molar-refractivity contribution in [3.05, 3.63) is 0 Å². The molecule has 0 bridgehead atoms. The molecule has 0 radical (unpaired) electrons. The summed E-state index contributed by atoms with van der Waals surface area (Å²) in [5.41, 5.74) is 0. The Bertz CT molecular complexity index is 256. The first kappa shape index (κ1) is 10.7. The van der Waals surface area contributed by atoms with E-state index in [1.165, 1.54) is 14.2 Å². The van der Waals surface area contributed by atoms with Crippen LogP contribution in [0.3, 0.4) is 0 Å². The fraction of sp³-hybridized carbons (Fsp3) is 0.857. The van der Waals surface area contributed by atoms with Crippen LogP contribution in [0, 0.1) is 0 Å². The van der Waals surface area contributed by atoms with Crippen LogP contribution in [-0.4, -0.2) is 25.5 Å². The average molecular weight is 208 g/mol. The molecule has 0 N–H and O–H groups in total. The van der Waals surface area contributed by atoms with E-state index >= 15 is 0 Å². The van der Waals surface area contributed by atoms with E-state index in [1.54, 1.807) is 6.92 Å². The highest BCUT2D eigenvalue weighted by Crippen LogP contribution is 2.62. The van der Waals surface area contributed by atoms with Crippen LogP contribution in [0.25, 0.3) is 0 Å². The van der Waals surface area contributed by atoms with Gasteiger partial charge in [-0.15, -0.1) is 0 Å². The van der Waals surface area contributed by atoms with E-state index in [1.807, 2.05) is 0 Å². The Morgan fingerprint density at radius 1 is 1.46 bits per heavy atom. The molecule has 0 amide bonds. The van der Waals surface area contributed by atoms with E-state index in [0.29, 0.717) is 6.42 Å². The van der Waals surface area contributed by atoms with Crippen LogP contribution in [0.15, 0.2) is 0 Å². The Kier molecular flexibility index (Phi) is 2.80. The first-order chi connectivity index (χ1) is 5.97. The van der Waals surface area contributed by atoms with Gasteiger partial charge in [-0.05, 0) is 6.92 Å². The fourth-order valence-electron chi connectivity index (χ4n) is 1.33. The van der Waals surface area contributed by atoms with Gasteiger partial charge in [0.25, 0.3) is 0 Å². The van der Waals surface area contributed by atoms with Crippen LogP contribution >= 0.6 is 7.60 Å². The van der Waals surface area contributed by atoms with Crippen molar-refractivity contribution in [2.75, 3.05) is 14.2 Å². The molecule has 6 heteroatoms. The number of cyclic esters (lactones) is 1. The van der Waals surface area contributed by atoms with Crippen molar-refractivity contribution in [2.24, 2.45) is 0 Å². The Morgan fingerprint density at radius 3 is 2.31 bits per heavy atom. The van der Waals surface area contributed by atoms with Crippen LogP contribution in [-0.2, 0) is 23.1 Å². The van der Waals surface area contributed by atoms with E-state index in [0.717, 1.165) is 0 Å². The average Bonchev–Trinajstić information content (AvgIpc) is 2.46. The SMILES string of the molecule is COP(=O)(OC)C1(C)CCC(=O)O1. The van der Waals surface area contributed by atoms with Crippen LogP contribution in [0.1, 0.15) is 19.8 Å². The molecule has 1 aliphatic heterocycles. The van der Waals surface area contributed by atoms with Crippen molar-refractivity contribution in [3.63, 3.8) is 0 Å². The summed E-state index contributed by atoms with van der Waals surface area (Å²) in [7, 11) is -0.762. The summed E-state index contributed by atoms with van der Waals surface area (Å²) in [4.78, 5) is 10.9. The number of ether oxygens (including phenoxy) is 1. The minimum atomic E-state index is -3.32. The maximum absolute atomic E-state index is 11.9. The van der Waals surface area contributed by atoms with Gasteiger partial charge in [-0.1, -0.05) is 0 Å². The minimum absolute atomic E-state index is 0.257. The molecule has 1 saturated heterocycles. The van der Waals surface area contributed by atoms with E-state index in [9.17, 15) is 9.36 Å². The zero-order valence-corrected chi connectivity index (χ0v) is 8.80. The molecule has 0 aromatic heterocycles. The maximum atomic E-state index is 11.9. The predicted octanol–water partition coefficient (Wildman–Crippen LogP) is 1.53. The molecule has 5 nitrogen and oxygen atoms in total. The lowest BCUT2D eigenvalue weighted by Crippen LogP contribution is -2.25. The zero-order valence-electron chi connectivity index (χ0n) is 7.90. The second-order valence-electron chi connectivity index (χ2n) is 3.01. The lowest BCUT2D eigenvalue weighted by Gasteiger charge is -2.28. The van der Waals surface area contributed by atoms with Gasteiger partial charge in [0.1, 0.15) is 0 Å². The van der Waals surface area contributed by atoms with E-state index in [4.69, 9.17) is 13.8 Å². The summed E-state index contributed by atoms with van der Waals surface area (Å²) in [6.45, 7) is 1.56. The quantitative estimate of drug-likeness (QED) is 0.519. The first-order valence-corrected chi connectivity index (χ1v) is 5.45. The van der Waals surface area contributed by atoms with Gasteiger partial charge in [0.05, 0.1) is 0 Å². The summed E-state index contributed by atoms with van der Waals surface area (Å²) < 4.78 is 26.4. The molecule has 1 heterocycles. The van der Waals surface area contributed by atoms with Gasteiger partial charge >= 0.3 is 13.6 Å². The number of carbonyl (C=O) groups excluding carboxylic acids is 1. The second-order valence-corrected chi connectivity index (χ2v) is 5.68. The van der Waals surface area contributed by atoms with Crippen molar-refractivity contribution in [2.45, 2.75) is 25.1 Å².